The summed E-state index contributed by atoms with van der Waals surface area (Å²) >= 11 is 0. The molecule has 2 aromatic rings. The first kappa shape index (κ1) is 16.2. The van der Waals surface area contributed by atoms with Gasteiger partial charge in [-0.3, -0.25) is 0 Å². The standard InChI is InChI=1S/C21H20F3N/c1-2-13-9-11-14(12-10-13)19-16-6-3-5-15(16)17-7-4-8-18(20(17)25-19)21(22,23)24/h3-5,7-12,15-16,19,25H,2,6H2,1H3/t15-,16+,19+/m1/s1. The molecule has 1 heterocycles. The number of hydrogen-bond acceptors (Lipinski definition) is 1. The average molecular weight is 343 g/mol. The summed E-state index contributed by atoms with van der Waals surface area (Å²) in [6.45, 7) is 2.09. The van der Waals surface area contributed by atoms with E-state index >= 15 is 0 Å². The van der Waals surface area contributed by atoms with Crippen molar-refractivity contribution in [3.8, 4) is 0 Å². The lowest BCUT2D eigenvalue weighted by atomic mass is 9.76. The Bertz CT molecular complexity index is 805. The first-order chi connectivity index (χ1) is 12.0. The lowest BCUT2D eigenvalue weighted by Gasteiger charge is -2.38. The number of rotatable bonds is 2. The van der Waals surface area contributed by atoms with Gasteiger partial charge in [-0.1, -0.05) is 55.5 Å². The molecule has 1 aliphatic heterocycles. The molecule has 1 N–H and O–H groups in total. The van der Waals surface area contributed by atoms with E-state index in [1.165, 1.54) is 17.7 Å². The van der Waals surface area contributed by atoms with Gasteiger partial charge in [0.15, 0.2) is 0 Å². The van der Waals surface area contributed by atoms with E-state index in [-0.39, 0.29) is 23.6 Å². The van der Waals surface area contributed by atoms with Crippen LogP contribution < -0.4 is 5.32 Å². The van der Waals surface area contributed by atoms with Gasteiger partial charge >= 0.3 is 6.18 Å². The number of hydrogen-bond donors (Lipinski definition) is 1. The third kappa shape index (κ3) is 2.74. The van der Waals surface area contributed by atoms with Crippen LogP contribution in [0, 0.1) is 5.92 Å². The second kappa shape index (κ2) is 5.94. The van der Waals surface area contributed by atoms with E-state index in [4.69, 9.17) is 0 Å². The number of benzene rings is 2. The molecule has 0 aromatic heterocycles. The van der Waals surface area contributed by atoms with Gasteiger partial charge in [0, 0.05) is 5.92 Å². The smallest absolute Gasteiger partial charge is 0.377 e. The summed E-state index contributed by atoms with van der Waals surface area (Å²) in [4.78, 5) is 0. The minimum atomic E-state index is -4.36. The molecule has 2 aliphatic rings. The fraction of sp³-hybridized carbons (Fsp3) is 0.333. The normalized spacial score (nSPS) is 24.6. The zero-order valence-electron chi connectivity index (χ0n) is 14.0. The molecule has 25 heavy (non-hydrogen) atoms. The maximum Gasteiger partial charge on any atom is 0.418 e. The van der Waals surface area contributed by atoms with Gasteiger partial charge in [-0.15, -0.1) is 0 Å². The van der Waals surface area contributed by atoms with Crippen LogP contribution in [0.5, 0.6) is 0 Å². The van der Waals surface area contributed by atoms with Crippen LogP contribution in [0.1, 0.15) is 47.6 Å². The molecule has 4 heteroatoms. The Morgan fingerprint density at radius 2 is 1.84 bits per heavy atom. The van der Waals surface area contributed by atoms with Crippen molar-refractivity contribution in [2.75, 3.05) is 5.32 Å². The van der Waals surface area contributed by atoms with Crippen LogP contribution in [-0.2, 0) is 12.6 Å². The lowest BCUT2D eigenvalue weighted by Crippen LogP contribution is -2.30. The minimum absolute atomic E-state index is 0.0365. The summed E-state index contributed by atoms with van der Waals surface area (Å²) in [6, 6.07) is 12.6. The van der Waals surface area contributed by atoms with Crippen LogP contribution in [0.2, 0.25) is 0 Å². The molecule has 2 aromatic carbocycles. The van der Waals surface area contributed by atoms with Gasteiger partial charge < -0.3 is 5.32 Å². The molecular weight excluding hydrogens is 323 g/mol. The molecule has 0 bridgehead atoms. The van der Waals surface area contributed by atoms with E-state index in [0.29, 0.717) is 0 Å². The minimum Gasteiger partial charge on any atom is -0.377 e. The van der Waals surface area contributed by atoms with E-state index in [1.807, 2.05) is 18.2 Å². The van der Waals surface area contributed by atoms with E-state index < -0.39 is 11.7 Å². The van der Waals surface area contributed by atoms with Crippen LogP contribution in [0.15, 0.2) is 54.6 Å². The Balaban J connectivity index is 1.80. The van der Waals surface area contributed by atoms with Crippen LogP contribution in [0.3, 0.4) is 0 Å². The van der Waals surface area contributed by atoms with Crippen LogP contribution in [-0.4, -0.2) is 0 Å². The third-order valence-electron chi connectivity index (χ3n) is 5.45. The number of allylic oxidation sites excluding steroid dienone is 2. The Hall–Kier alpha value is -2.23. The number of alkyl halides is 3. The highest BCUT2D eigenvalue weighted by molar-refractivity contribution is 5.65. The Morgan fingerprint density at radius 3 is 2.52 bits per heavy atom. The van der Waals surface area contributed by atoms with Crippen LogP contribution in [0.25, 0.3) is 0 Å². The topological polar surface area (TPSA) is 12.0 Å². The van der Waals surface area contributed by atoms with Crippen molar-refractivity contribution in [1.82, 2.24) is 0 Å². The predicted molar refractivity (Wildman–Crippen MR) is 93.6 cm³/mol. The molecule has 0 saturated carbocycles. The quantitative estimate of drug-likeness (QED) is 0.650. The number of anilines is 1. The molecule has 0 spiro atoms. The first-order valence-corrected chi connectivity index (χ1v) is 8.71. The Kier molecular flexibility index (Phi) is 3.86. The number of nitrogens with one attached hydrogen (secondary N) is 1. The van der Waals surface area contributed by atoms with Gasteiger partial charge in [0.25, 0.3) is 0 Å². The van der Waals surface area contributed by atoms with Crippen molar-refractivity contribution >= 4 is 5.69 Å². The van der Waals surface area contributed by atoms with Crippen molar-refractivity contribution < 1.29 is 13.2 Å². The summed E-state index contributed by atoms with van der Waals surface area (Å²) in [5.41, 5.74) is 2.72. The molecule has 3 atom stereocenters. The van der Waals surface area contributed by atoms with Crippen molar-refractivity contribution in [3.05, 3.63) is 76.9 Å². The van der Waals surface area contributed by atoms with Gasteiger partial charge in [0.05, 0.1) is 17.3 Å². The fourth-order valence-electron chi connectivity index (χ4n) is 4.15. The molecule has 0 unspecified atom stereocenters. The van der Waals surface area contributed by atoms with Crippen molar-refractivity contribution in [2.45, 2.75) is 37.9 Å². The second-order valence-corrected chi connectivity index (χ2v) is 6.84. The summed E-state index contributed by atoms with van der Waals surface area (Å²) < 4.78 is 40.5. The summed E-state index contributed by atoms with van der Waals surface area (Å²) in [5, 5.41) is 3.24. The molecule has 0 radical (unpaired) electrons. The second-order valence-electron chi connectivity index (χ2n) is 6.84. The maximum absolute atomic E-state index is 13.5. The van der Waals surface area contributed by atoms with Crippen molar-refractivity contribution in [1.29, 1.82) is 0 Å². The van der Waals surface area contributed by atoms with E-state index in [2.05, 4.69) is 36.5 Å². The fourth-order valence-corrected chi connectivity index (χ4v) is 4.15. The van der Waals surface area contributed by atoms with E-state index in [9.17, 15) is 13.2 Å². The van der Waals surface area contributed by atoms with Gasteiger partial charge in [-0.2, -0.15) is 13.2 Å². The molecule has 130 valence electrons. The van der Waals surface area contributed by atoms with Gasteiger partial charge in [0.1, 0.15) is 0 Å². The monoisotopic (exact) mass is 343 g/mol. The van der Waals surface area contributed by atoms with Gasteiger partial charge in [-0.25, -0.2) is 0 Å². The summed E-state index contributed by atoms with van der Waals surface area (Å²) in [5.74, 6) is 0.290. The number of halogens is 3. The Labute approximate surface area is 145 Å². The molecule has 0 amide bonds. The molecular formula is C21H20F3N. The Morgan fingerprint density at radius 1 is 1.08 bits per heavy atom. The molecule has 0 fully saturated rings. The van der Waals surface area contributed by atoms with Crippen molar-refractivity contribution in [2.24, 2.45) is 5.92 Å². The molecule has 1 nitrogen and oxygen atoms in total. The SMILES string of the molecule is CCc1ccc([C@@H]2Nc3c(cccc3C(F)(F)F)[C@@H]3C=CC[C@@H]32)cc1. The highest BCUT2D eigenvalue weighted by Gasteiger charge is 2.42. The molecule has 4 rings (SSSR count). The largest absolute Gasteiger partial charge is 0.418 e. The first-order valence-electron chi connectivity index (χ1n) is 8.71. The van der Waals surface area contributed by atoms with Crippen molar-refractivity contribution in [3.63, 3.8) is 0 Å². The zero-order chi connectivity index (χ0) is 17.6. The maximum atomic E-state index is 13.5. The number of para-hydroxylation sites is 1. The average Bonchev–Trinajstić information content (AvgIpc) is 3.10. The molecule has 0 saturated heterocycles. The number of aryl methyl sites for hydroxylation is 1. The van der Waals surface area contributed by atoms with Gasteiger partial charge in [-0.05, 0) is 41.5 Å². The molecule has 1 aliphatic carbocycles. The van der Waals surface area contributed by atoms with Crippen LogP contribution >= 0.6 is 0 Å². The predicted octanol–water partition coefficient (Wildman–Crippen LogP) is 6.09. The van der Waals surface area contributed by atoms with E-state index in [1.54, 1.807) is 0 Å². The highest BCUT2D eigenvalue weighted by Crippen LogP contribution is 2.52. The highest BCUT2D eigenvalue weighted by atomic mass is 19.4. The van der Waals surface area contributed by atoms with E-state index in [0.717, 1.165) is 24.0 Å². The zero-order valence-corrected chi connectivity index (χ0v) is 14.0. The number of fused-ring (bicyclic) bond motifs is 3. The third-order valence-corrected chi connectivity index (χ3v) is 5.45. The summed E-state index contributed by atoms with van der Waals surface area (Å²) in [6.07, 6.45) is 1.64. The lowest BCUT2D eigenvalue weighted by molar-refractivity contribution is -0.137. The van der Waals surface area contributed by atoms with Crippen LogP contribution in [0.4, 0.5) is 18.9 Å². The van der Waals surface area contributed by atoms with Gasteiger partial charge in [0.2, 0.25) is 0 Å². The summed E-state index contributed by atoms with van der Waals surface area (Å²) in [7, 11) is 0.